The molecule has 2 rings (SSSR count). The maximum absolute atomic E-state index is 13.1. The molecule has 0 saturated carbocycles. The van der Waals surface area contributed by atoms with Crippen LogP contribution in [0.3, 0.4) is 0 Å². The summed E-state index contributed by atoms with van der Waals surface area (Å²) >= 11 is 0. The van der Waals surface area contributed by atoms with Crippen molar-refractivity contribution in [3.8, 4) is 0 Å². The number of ether oxygens (including phenoxy) is 1. The van der Waals surface area contributed by atoms with E-state index in [0.717, 1.165) is 18.2 Å². The maximum atomic E-state index is 13.1. The quantitative estimate of drug-likeness (QED) is 0.598. The first-order valence-corrected chi connectivity index (χ1v) is 3.93. The van der Waals surface area contributed by atoms with Gasteiger partial charge in [0.25, 0.3) is 0 Å². The Hall–Kier alpha value is -0.490. The van der Waals surface area contributed by atoms with E-state index in [1.807, 2.05) is 0 Å². The van der Waals surface area contributed by atoms with Gasteiger partial charge in [-0.3, -0.25) is 0 Å². The van der Waals surface area contributed by atoms with Crippen molar-refractivity contribution in [1.82, 2.24) is 0 Å². The molecule has 6 heteroatoms. The molecule has 1 aromatic rings. The molecule has 0 aromatic heterocycles. The van der Waals surface area contributed by atoms with Crippen LogP contribution in [-0.4, -0.2) is 46.7 Å². The second-order valence-electron chi connectivity index (χ2n) is 2.98. The summed E-state index contributed by atoms with van der Waals surface area (Å²) < 4.78 is 30.4. The van der Waals surface area contributed by atoms with Gasteiger partial charge >= 0.3 is 35.5 Å². The fraction of sp³-hybridized carbons (Fsp3) is 0.222. The van der Waals surface area contributed by atoms with E-state index in [1.165, 1.54) is 0 Å². The minimum atomic E-state index is -1.17. The third-order valence-electron chi connectivity index (χ3n) is 2.00. The fourth-order valence-corrected chi connectivity index (χ4v) is 1.27. The third-order valence-corrected chi connectivity index (χ3v) is 2.00. The van der Waals surface area contributed by atoms with Crippen LogP contribution >= 0.6 is 0 Å². The first-order chi connectivity index (χ1) is 6.59. The molecule has 1 heterocycles. The van der Waals surface area contributed by atoms with Crippen LogP contribution in [0.15, 0.2) is 18.2 Å². The Kier molecular flexibility index (Phi) is 3.83. The molecule has 15 heavy (non-hydrogen) atoms. The number of hydrogen-bond acceptors (Lipinski definition) is 2. The molecule has 76 valence electrons. The van der Waals surface area contributed by atoms with E-state index in [0.29, 0.717) is 0 Å². The molecule has 0 spiro atoms. The SMILES string of the molecule is O=C(O)C1OC1c1cc(F)ccc1F.[NaH]. The summed E-state index contributed by atoms with van der Waals surface area (Å²) in [5, 5.41) is 8.50. The van der Waals surface area contributed by atoms with Gasteiger partial charge in [0, 0.05) is 5.56 Å². The van der Waals surface area contributed by atoms with Crippen molar-refractivity contribution in [2.45, 2.75) is 12.2 Å². The molecule has 2 atom stereocenters. The molecule has 0 bridgehead atoms. The van der Waals surface area contributed by atoms with Crippen LogP contribution in [0.5, 0.6) is 0 Å². The van der Waals surface area contributed by atoms with Gasteiger partial charge in [-0.25, -0.2) is 13.6 Å². The molecule has 1 aliphatic heterocycles. The van der Waals surface area contributed by atoms with Crippen molar-refractivity contribution in [3.05, 3.63) is 35.4 Å². The second-order valence-corrected chi connectivity index (χ2v) is 2.98. The van der Waals surface area contributed by atoms with Crippen LogP contribution in [0.4, 0.5) is 8.78 Å². The molecule has 1 aliphatic rings. The van der Waals surface area contributed by atoms with E-state index in [4.69, 9.17) is 9.84 Å². The van der Waals surface area contributed by atoms with Crippen LogP contribution in [0.2, 0.25) is 0 Å². The van der Waals surface area contributed by atoms with Gasteiger partial charge < -0.3 is 9.84 Å². The van der Waals surface area contributed by atoms with Crippen LogP contribution in [0.1, 0.15) is 11.7 Å². The summed E-state index contributed by atoms with van der Waals surface area (Å²) in [6.07, 6.45) is -1.91. The number of hydrogen-bond donors (Lipinski definition) is 1. The molecule has 2 unspecified atom stereocenters. The van der Waals surface area contributed by atoms with Crippen LogP contribution < -0.4 is 0 Å². The predicted octanol–water partition coefficient (Wildman–Crippen LogP) is 0.841. The second kappa shape index (κ2) is 4.57. The Morgan fingerprint density at radius 3 is 2.60 bits per heavy atom. The van der Waals surface area contributed by atoms with E-state index in [1.54, 1.807) is 0 Å². The Morgan fingerprint density at radius 2 is 2.07 bits per heavy atom. The molecule has 0 radical (unpaired) electrons. The average molecular weight is 224 g/mol. The van der Waals surface area contributed by atoms with E-state index in [9.17, 15) is 13.6 Å². The van der Waals surface area contributed by atoms with E-state index < -0.39 is 29.8 Å². The summed E-state index contributed by atoms with van der Waals surface area (Å²) in [4.78, 5) is 10.4. The zero-order chi connectivity index (χ0) is 10.3. The van der Waals surface area contributed by atoms with Gasteiger partial charge in [0.1, 0.15) is 17.7 Å². The van der Waals surface area contributed by atoms with Crippen molar-refractivity contribution in [1.29, 1.82) is 0 Å². The first-order valence-electron chi connectivity index (χ1n) is 3.93. The molecular formula is C9H7F2NaO3. The summed E-state index contributed by atoms with van der Waals surface area (Å²) in [6, 6.07) is 2.87. The van der Waals surface area contributed by atoms with Crippen molar-refractivity contribution >= 4 is 35.5 Å². The number of aliphatic carboxylic acids is 1. The zero-order valence-corrected chi connectivity index (χ0v) is 6.91. The standard InChI is InChI=1S/C9H6F2O3.Na.H/c10-4-1-2-6(11)5(3-4)7-8(14-7)9(12)13;;/h1-3,7-8H,(H,12,13);;. The van der Waals surface area contributed by atoms with Crippen LogP contribution in [0, 0.1) is 11.6 Å². The summed E-state index contributed by atoms with van der Waals surface area (Å²) in [5.41, 5.74) is -0.0441. The van der Waals surface area contributed by atoms with Crippen LogP contribution in [-0.2, 0) is 9.53 Å². The molecule has 1 fully saturated rings. The van der Waals surface area contributed by atoms with Gasteiger partial charge in [-0.1, -0.05) is 0 Å². The predicted molar refractivity (Wildman–Crippen MR) is 48.8 cm³/mol. The van der Waals surface area contributed by atoms with E-state index >= 15 is 0 Å². The number of rotatable bonds is 2. The van der Waals surface area contributed by atoms with E-state index in [2.05, 4.69) is 0 Å². The molecule has 3 nitrogen and oxygen atoms in total. The van der Waals surface area contributed by atoms with E-state index in [-0.39, 0.29) is 35.1 Å². The van der Waals surface area contributed by atoms with Crippen molar-refractivity contribution in [2.75, 3.05) is 0 Å². The minimum absolute atomic E-state index is 0. The zero-order valence-electron chi connectivity index (χ0n) is 6.91. The topological polar surface area (TPSA) is 49.8 Å². The fourth-order valence-electron chi connectivity index (χ4n) is 1.27. The van der Waals surface area contributed by atoms with Gasteiger partial charge in [-0.2, -0.15) is 0 Å². The van der Waals surface area contributed by atoms with Crippen molar-refractivity contribution < 1.29 is 23.4 Å². The molecule has 1 aromatic carbocycles. The Balaban J connectivity index is 0.00000112. The number of halogens is 2. The Morgan fingerprint density at radius 1 is 1.40 bits per heavy atom. The molecular weight excluding hydrogens is 217 g/mol. The molecule has 0 amide bonds. The first kappa shape index (κ1) is 12.6. The molecule has 0 aliphatic carbocycles. The summed E-state index contributed by atoms with van der Waals surface area (Å²) in [5.74, 6) is -2.43. The van der Waals surface area contributed by atoms with Gasteiger partial charge in [-0.05, 0) is 18.2 Å². The Bertz CT molecular complexity index is 397. The van der Waals surface area contributed by atoms with Crippen LogP contribution in [0.25, 0.3) is 0 Å². The molecule has 1 N–H and O–H groups in total. The number of epoxide rings is 1. The third kappa shape index (κ3) is 2.55. The average Bonchev–Trinajstić information content (AvgIpc) is 2.88. The van der Waals surface area contributed by atoms with Gasteiger partial charge in [0.2, 0.25) is 0 Å². The summed E-state index contributed by atoms with van der Waals surface area (Å²) in [6.45, 7) is 0. The van der Waals surface area contributed by atoms with Gasteiger partial charge in [-0.15, -0.1) is 0 Å². The summed E-state index contributed by atoms with van der Waals surface area (Å²) in [7, 11) is 0. The molecule has 1 saturated heterocycles. The number of benzene rings is 1. The van der Waals surface area contributed by atoms with Gasteiger partial charge in [0.05, 0.1) is 0 Å². The van der Waals surface area contributed by atoms with Crippen molar-refractivity contribution in [3.63, 3.8) is 0 Å². The number of carboxylic acids is 1. The Labute approximate surface area is 106 Å². The normalized spacial score (nSPS) is 23.1. The van der Waals surface area contributed by atoms with Crippen molar-refractivity contribution in [2.24, 2.45) is 0 Å². The number of carboxylic acid groups (broad SMARTS) is 1. The number of carbonyl (C=O) groups is 1. The van der Waals surface area contributed by atoms with Gasteiger partial charge in [0.15, 0.2) is 6.10 Å². The monoisotopic (exact) mass is 224 g/mol.